The minimum Gasteiger partial charge on any atom is -0.366 e. The maximum absolute atomic E-state index is 5.42. The molecular formula is C7H11N5. The molecule has 0 radical (unpaired) electrons. The Labute approximate surface area is 70.6 Å². The Morgan fingerprint density at radius 2 is 2.17 bits per heavy atom. The lowest BCUT2D eigenvalue weighted by molar-refractivity contribution is 0.302. The second-order valence-electron chi connectivity index (χ2n) is 3.05. The summed E-state index contributed by atoms with van der Waals surface area (Å²) in [5.74, 6) is 0.276. The predicted octanol–water partition coefficient (Wildman–Crippen LogP) is -0.558. The van der Waals surface area contributed by atoms with Crippen molar-refractivity contribution in [2.24, 2.45) is 0 Å². The van der Waals surface area contributed by atoms with Gasteiger partial charge >= 0.3 is 0 Å². The monoisotopic (exact) mass is 165 g/mol. The average Bonchev–Trinajstić information content (AvgIpc) is 2.05. The van der Waals surface area contributed by atoms with Crippen LogP contribution in [-0.2, 0) is 13.0 Å². The summed E-state index contributed by atoms with van der Waals surface area (Å²) in [6.45, 7) is 1.85. The van der Waals surface area contributed by atoms with Crippen molar-refractivity contribution in [2.75, 3.05) is 19.3 Å². The van der Waals surface area contributed by atoms with Crippen molar-refractivity contribution < 1.29 is 0 Å². The molecule has 0 fully saturated rings. The topological polar surface area (TPSA) is 67.9 Å². The van der Waals surface area contributed by atoms with Gasteiger partial charge < -0.3 is 10.6 Å². The molecule has 0 saturated carbocycles. The van der Waals surface area contributed by atoms with Gasteiger partial charge in [-0.2, -0.15) is 0 Å². The molecule has 2 N–H and O–H groups in total. The predicted molar refractivity (Wildman–Crippen MR) is 44.3 cm³/mol. The van der Waals surface area contributed by atoms with Crippen LogP contribution in [0.2, 0.25) is 0 Å². The molecule has 1 aromatic heterocycles. The van der Waals surface area contributed by atoms with Crippen LogP contribution in [0.5, 0.6) is 0 Å². The molecular weight excluding hydrogens is 154 g/mol. The highest BCUT2D eigenvalue weighted by atomic mass is 15.2. The lowest BCUT2D eigenvalue weighted by Crippen LogP contribution is -2.28. The van der Waals surface area contributed by atoms with Crippen molar-refractivity contribution in [2.45, 2.75) is 13.0 Å². The Morgan fingerprint density at radius 3 is 3.00 bits per heavy atom. The van der Waals surface area contributed by atoms with Crippen molar-refractivity contribution >= 4 is 5.95 Å². The molecule has 1 aliphatic rings. The number of anilines is 1. The molecule has 1 aliphatic heterocycles. The normalized spacial score (nSPS) is 17.4. The van der Waals surface area contributed by atoms with Gasteiger partial charge in [0.25, 0.3) is 0 Å². The van der Waals surface area contributed by atoms with Crippen LogP contribution in [0.25, 0.3) is 0 Å². The van der Waals surface area contributed by atoms with E-state index in [0.29, 0.717) is 0 Å². The van der Waals surface area contributed by atoms with Crippen molar-refractivity contribution in [1.82, 2.24) is 20.1 Å². The van der Waals surface area contributed by atoms with Crippen LogP contribution in [0, 0.1) is 0 Å². The standard InChI is InChI=1S/C7H11N5/c1-12-3-2-5-6(4-12)10-11-7(8)9-5/h2-4H2,1H3,(H2,8,9,11). The van der Waals surface area contributed by atoms with Gasteiger partial charge in [0.15, 0.2) is 0 Å². The molecule has 0 bridgehead atoms. The zero-order valence-electron chi connectivity index (χ0n) is 6.99. The van der Waals surface area contributed by atoms with E-state index in [-0.39, 0.29) is 5.95 Å². The first-order valence-corrected chi connectivity index (χ1v) is 3.92. The average molecular weight is 165 g/mol. The molecule has 5 nitrogen and oxygen atoms in total. The lowest BCUT2D eigenvalue weighted by atomic mass is 10.1. The second-order valence-corrected chi connectivity index (χ2v) is 3.05. The number of aromatic nitrogens is 3. The quantitative estimate of drug-likeness (QED) is 0.558. The first-order valence-electron chi connectivity index (χ1n) is 3.92. The first kappa shape index (κ1) is 7.42. The third kappa shape index (κ3) is 1.23. The number of hydrogen-bond donors (Lipinski definition) is 1. The van der Waals surface area contributed by atoms with Gasteiger partial charge in [0.1, 0.15) is 0 Å². The van der Waals surface area contributed by atoms with Gasteiger partial charge in [-0.05, 0) is 7.05 Å². The Kier molecular flexibility index (Phi) is 1.65. The van der Waals surface area contributed by atoms with Gasteiger partial charge in [0.2, 0.25) is 5.95 Å². The van der Waals surface area contributed by atoms with Gasteiger partial charge in [-0.1, -0.05) is 0 Å². The third-order valence-corrected chi connectivity index (χ3v) is 2.01. The Morgan fingerprint density at radius 1 is 1.33 bits per heavy atom. The second kappa shape index (κ2) is 2.67. The molecule has 0 saturated heterocycles. The Hall–Kier alpha value is -1.23. The van der Waals surface area contributed by atoms with Gasteiger partial charge in [-0.15, -0.1) is 10.2 Å². The van der Waals surface area contributed by atoms with Crippen LogP contribution >= 0.6 is 0 Å². The van der Waals surface area contributed by atoms with Crippen LogP contribution < -0.4 is 5.73 Å². The minimum atomic E-state index is 0.276. The molecule has 5 heteroatoms. The van der Waals surface area contributed by atoms with E-state index < -0.39 is 0 Å². The largest absolute Gasteiger partial charge is 0.366 e. The zero-order valence-corrected chi connectivity index (χ0v) is 6.99. The van der Waals surface area contributed by atoms with Crippen molar-refractivity contribution in [3.8, 4) is 0 Å². The molecule has 64 valence electrons. The minimum absolute atomic E-state index is 0.276. The number of hydrogen-bond acceptors (Lipinski definition) is 5. The van der Waals surface area contributed by atoms with Gasteiger partial charge in [0, 0.05) is 19.5 Å². The fraction of sp³-hybridized carbons (Fsp3) is 0.571. The number of nitrogens with two attached hydrogens (primary N) is 1. The van der Waals surface area contributed by atoms with Crippen LogP contribution in [0.4, 0.5) is 5.95 Å². The molecule has 0 spiro atoms. The van der Waals surface area contributed by atoms with Gasteiger partial charge in [-0.3, -0.25) is 0 Å². The first-order chi connectivity index (χ1) is 5.75. The Bertz CT molecular complexity index is 298. The smallest absolute Gasteiger partial charge is 0.240 e. The van der Waals surface area contributed by atoms with Crippen molar-refractivity contribution in [3.63, 3.8) is 0 Å². The number of rotatable bonds is 0. The van der Waals surface area contributed by atoms with E-state index in [4.69, 9.17) is 5.73 Å². The fourth-order valence-electron chi connectivity index (χ4n) is 1.35. The lowest BCUT2D eigenvalue weighted by Gasteiger charge is -2.22. The van der Waals surface area contributed by atoms with Gasteiger partial charge in [-0.25, -0.2) is 4.98 Å². The molecule has 12 heavy (non-hydrogen) atoms. The van der Waals surface area contributed by atoms with E-state index in [1.807, 2.05) is 0 Å². The zero-order chi connectivity index (χ0) is 8.55. The summed E-state index contributed by atoms with van der Waals surface area (Å²) < 4.78 is 0. The van der Waals surface area contributed by atoms with Crippen LogP contribution in [0.1, 0.15) is 11.4 Å². The Balaban J connectivity index is 2.37. The highest BCUT2D eigenvalue weighted by Crippen LogP contribution is 2.12. The van der Waals surface area contributed by atoms with Crippen molar-refractivity contribution in [3.05, 3.63) is 11.4 Å². The van der Waals surface area contributed by atoms with Gasteiger partial charge in [0.05, 0.1) is 11.4 Å². The molecule has 0 aromatic carbocycles. The SMILES string of the molecule is CN1CCc2nc(N)nnc2C1. The maximum atomic E-state index is 5.42. The summed E-state index contributed by atoms with van der Waals surface area (Å²) in [7, 11) is 2.06. The third-order valence-electron chi connectivity index (χ3n) is 2.01. The number of fused-ring (bicyclic) bond motifs is 1. The summed E-state index contributed by atoms with van der Waals surface area (Å²) >= 11 is 0. The van der Waals surface area contributed by atoms with E-state index >= 15 is 0 Å². The summed E-state index contributed by atoms with van der Waals surface area (Å²) in [4.78, 5) is 6.32. The van der Waals surface area contributed by atoms with E-state index in [1.54, 1.807) is 0 Å². The van der Waals surface area contributed by atoms with E-state index in [1.165, 1.54) is 0 Å². The number of nitrogen functional groups attached to an aromatic ring is 1. The van der Waals surface area contributed by atoms with Crippen LogP contribution in [-0.4, -0.2) is 33.7 Å². The van der Waals surface area contributed by atoms with Crippen molar-refractivity contribution in [1.29, 1.82) is 0 Å². The summed E-state index contributed by atoms with van der Waals surface area (Å²) in [5, 5.41) is 7.71. The molecule has 2 heterocycles. The molecule has 0 aliphatic carbocycles. The van der Waals surface area contributed by atoms with Crippen LogP contribution in [0.15, 0.2) is 0 Å². The summed E-state index contributed by atoms with van der Waals surface area (Å²) in [6, 6.07) is 0. The van der Waals surface area contributed by atoms with Crippen LogP contribution in [0.3, 0.4) is 0 Å². The number of nitrogens with zero attached hydrogens (tertiary/aromatic N) is 4. The molecule has 0 atom stereocenters. The molecule has 0 amide bonds. The fourth-order valence-corrected chi connectivity index (χ4v) is 1.35. The maximum Gasteiger partial charge on any atom is 0.240 e. The molecule has 1 aromatic rings. The summed E-state index contributed by atoms with van der Waals surface area (Å²) in [6.07, 6.45) is 0.922. The van der Waals surface area contributed by atoms with E-state index in [2.05, 4.69) is 27.1 Å². The number of likely N-dealkylation sites (N-methyl/N-ethyl adjacent to an activating group) is 1. The highest BCUT2D eigenvalue weighted by Gasteiger charge is 2.15. The van der Waals surface area contributed by atoms with E-state index in [9.17, 15) is 0 Å². The molecule has 0 unspecified atom stereocenters. The van der Waals surface area contributed by atoms with E-state index in [0.717, 1.165) is 30.9 Å². The summed E-state index contributed by atoms with van der Waals surface area (Å²) in [5.41, 5.74) is 7.38. The highest BCUT2D eigenvalue weighted by molar-refractivity contribution is 5.21. The molecule has 2 rings (SSSR count).